The van der Waals surface area contributed by atoms with E-state index in [1.807, 2.05) is 45.9 Å². The molecular formula is C24H29N3O2. The number of para-hydroxylation sites is 2. The highest BCUT2D eigenvalue weighted by Gasteiger charge is 2.22. The smallest absolute Gasteiger partial charge is 0.242 e. The second kappa shape index (κ2) is 8.68. The zero-order valence-electron chi connectivity index (χ0n) is 17.3. The molecule has 0 N–H and O–H groups in total. The zero-order valence-corrected chi connectivity index (χ0v) is 17.3. The van der Waals surface area contributed by atoms with Gasteiger partial charge in [0.05, 0.1) is 11.0 Å². The molecule has 1 aromatic heterocycles. The summed E-state index contributed by atoms with van der Waals surface area (Å²) in [7, 11) is 0. The highest BCUT2D eigenvalue weighted by molar-refractivity contribution is 5.81. The Morgan fingerprint density at radius 1 is 1.10 bits per heavy atom. The lowest BCUT2D eigenvalue weighted by molar-refractivity contribution is -0.133. The number of imidazole rings is 1. The first-order valence-electron chi connectivity index (χ1n) is 10.6. The van der Waals surface area contributed by atoms with E-state index in [2.05, 4.69) is 26.0 Å². The Bertz CT molecular complexity index is 969. The molecule has 0 bridgehead atoms. The average Bonchev–Trinajstić information content (AvgIpc) is 3.10. The van der Waals surface area contributed by atoms with Gasteiger partial charge in [-0.05, 0) is 55.0 Å². The van der Waals surface area contributed by atoms with Crippen LogP contribution in [0.2, 0.25) is 0 Å². The molecule has 0 atom stereocenters. The van der Waals surface area contributed by atoms with E-state index in [1.54, 1.807) is 0 Å². The summed E-state index contributed by atoms with van der Waals surface area (Å²) in [5.41, 5.74) is 3.16. The van der Waals surface area contributed by atoms with Crippen LogP contribution in [0.25, 0.3) is 11.0 Å². The molecule has 152 valence electrons. The largest absolute Gasteiger partial charge is 0.486 e. The Kier molecular flexibility index (Phi) is 5.84. The molecule has 2 aromatic carbocycles. The summed E-state index contributed by atoms with van der Waals surface area (Å²) in [6, 6.07) is 16.1. The maximum atomic E-state index is 12.9. The van der Waals surface area contributed by atoms with Gasteiger partial charge in [-0.15, -0.1) is 0 Å². The van der Waals surface area contributed by atoms with E-state index in [9.17, 15) is 4.79 Å². The number of amides is 1. The average molecular weight is 392 g/mol. The Morgan fingerprint density at radius 2 is 1.83 bits per heavy atom. The van der Waals surface area contributed by atoms with Crippen molar-refractivity contribution in [1.82, 2.24) is 14.5 Å². The van der Waals surface area contributed by atoms with Gasteiger partial charge in [0, 0.05) is 13.1 Å². The molecule has 29 heavy (non-hydrogen) atoms. The number of hydrogen-bond donors (Lipinski definition) is 0. The minimum Gasteiger partial charge on any atom is -0.486 e. The number of benzene rings is 2. The third-order valence-corrected chi connectivity index (χ3v) is 5.86. The quantitative estimate of drug-likeness (QED) is 0.624. The number of aryl methyl sites for hydroxylation is 1. The molecule has 0 saturated carbocycles. The van der Waals surface area contributed by atoms with E-state index >= 15 is 0 Å². The lowest BCUT2D eigenvalue weighted by Gasteiger charge is -2.30. The molecule has 1 amide bonds. The molecule has 4 rings (SSSR count). The normalized spacial score (nSPS) is 15.0. The van der Waals surface area contributed by atoms with E-state index in [0.717, 1.165) is 55.0 Å². The summed E-state index contributed by atoms with van der Waals surface area (Å²) < 4.78 is 8.00. The van der Waals surface area contributed by atoms with Crippen molar-refractivity contribution in [3.8, 4) is 5.75 Å². The number of nitrogens with zero attached hydrogens (tertiary/aromatic N) is 3. The fourth-order valence-electron chi connectivity index (χ4n) is 3.87. The van der Waals surface area contributed by atoms with Gasteiger partial charge < -0.3 is 14.2 Å². The standard InChI is InChI=1S/C24H29N3O2/c1-3-19-8-10-20(11-9-19)29-17-23-25-21-6-4-5-7-22(21)27(23)16-24(28)26-14-12-18(2)13-15-26/h4-11,18H,3,12-17H2,1-2H3. The molecule has 5 heteroatoms. The predicted molar refractivity (Wildman–Crippen MR) is 115 cm³/mol. The van der Waals surface area contributed by atoms with Crippen molar-refractivity contribution < 1.29 is 9.53 Å². The second-order valence-corrected chi connectivity index (χ2v) is 7.95. The molecule has 0 unspecified atom stereocenters. The van der Waals surface area contributed by atoms with Crippen molar-refractivity contribution in [2.24, 2.45) is 5.92 Å². The number of carbonyl (C=O) groups excluding carboxylic acids is 1. The summed E-state index contributed by atoms with van der Waals surface area (Å²) in [6.45, 7) is 6.74. The molecule has 5 nitrogen and oxygen atoms in total. The van der Waals surface area contributed by atoms with Crippen LogP contribution in [0.5, 0.6) is 5.75 Å². The van der Waals surface area contributed by atoms with Crippen LogP contribution in [0.4, 0.5) is 0 Å². The van der Waals surface area contributed by atoms with Crippen LogP contribution in [0.15, 0.2) is 48.5 Å². The number of aromatic nitrogens is 2. The number of rotatable bonds is 6. The fourth-order valence-corrected chi connectivity index (χ4v) is 3.87. The SMILES string of the molecule is CCc1ccc(OCc2nc3ccccc3n2CC(=O)N2CCC(C)CC2)cc1. The lowest BCUT2D eigenvalue weighted by atomic mass is 9.99. The number of fused-ring (bicyclic) bond motifs is 1. The van der Waals surface area contributed by atoms with Crippen molar-refractivity contribution in [2.45, 2.75) is 46.3 Å². The number of likely N-dealkylation sites (tertiary alicyclic amines) is 1. The first kappa shape index (κ1) is 19.5. The van der Waals surface area contributed by atoms with E-state index in [-0.39, 0.29) is 5.91 Å². The van der Waals surface area contributed by atoms with Crippen molar-refractivity contribution in [3.05, 3.63) is 59.9 Å². The van der Waals surface area contributed by atoms with E-state index in [4.69, 9.17) is 9.72 Å². The van der Waals surface area contributed by atoms with Crippen LogP contribution in [0.1, 0.15) is 38.1 Å². The third-order valence-electron chi connectivity index (χ3n) is 5.86. The van der Waals surface area contributed by atoms with Gasteiger partial charge in [-0.1, -0.05) is 38.1 Å². The van der Waals surface area contributed by atoms with Gasteiger partial charge in [0.1, 0.15) is 24.7 Å². The molecule has 1 fully saturated rings. The first-order chi connectivity index (χ1) is 14.1. The van der Waals surface area contributed by atoms with Gasteiger partial charge in [-0.3, -0.25) is 4.79 Å². The van der Waals surface area contributed by atoms with Gasteiger partial charge in [-0.25, -0.2) is 4.98 Å². The van der Waals surface area contributed by atoms with Gasteiger partial charge in [0.15, 0.2) is 0 Å². The lowest BCUT2D eigenvalue weighted by Crippen LogP contribution is -2.40. The zero-order chi connectivity index (χ0) is 20.2. The monoisotopic (exact) mass is 391 g/mol. The summed E-state index contributed by atoms with van der Waals surface area (Å²) in [5.74, 6) is 2.46. The van der Waals surface area contributed by atoms with Crippen molar-refractivity contribution in [2.75, 3.05) is 13.1 Å². The Balaban J connectivity index is 1.53. The minimum absolute atomic E-state index is 0.161. The maximum Gasteiger partial charge on any atom is 0.242 e. The van der Waals surface area contributed by atoms with Crippen LogP contribution in [0, 0.1) is 5.92 Å². The van der Waals surface area contributed by atoms with Crippen LogP contribution < -0.4 is 4.74 Å². The highest BCUT2D eigenvalue weighted by Crippen LogP contribution is 2.21. The van der Waals surface area contributed by atoms with E-state index < -0.39 is 0 Å². The van der Waals surface area contributed by atoms with Crippen molar-refractivity contribution in [1.29, 1.82) is 0 Å². The predicted octanol–water partition coefficient (Wildman–Crippen LogP) is 4.44. The third kappa shape index (κ3) is 4.44. The second-order valence-electron chi connectivity index (χ2n) is 7.95. The minimum atomic E-state index is 0.161. The fraction of sp³-hybridized carbons (Fsp3) is 0.417. The van der Waals surface area contributed by atoms with Crippen molar-refractivity contribution in [3.63, 3.8) is 0 Å². The van der Waals surface area contributed by atoms with Crippen LogP contribution in [-0.2, 0) is 24.4 Å². The Morgan fingerprint density at radius 3 is 2.55 bits per heavy atom. The van der Waals surface area contributed by atoms with E-state index in [1.165, 1.54) is 5.56 Å². The topological polar surface area (TPSA) is 47.4 Å². The molecular weight excluding hydrogens is 362 g/mol. The molecule has 2 heterocycles. The van der Waals surface area contributed by atoms with Crippen molar-refractivity contribution >= 4 is 16.9 Å². The molecule has 0 aliphatic carbocycles. The first-order valence-corrected chi connectivity index (χ1v) is 10.6. The summed E-state index contributed by atoms with van der Waals surface area (Å²) in [5, 5.41) is 0. The van der Waals surface area contributed by atoms with Gasteiger partial charge in [0.2, 0.25) is 5.91 Å². The van der Waals surface area contributed by atoms with Crippen LogP contribution in [-0.4, -0.2) is 33.4 Å². The Hall–Kier alpha value is -2.82. The van der Waals surface area contributed by atoms with Gasteiger partial charge in [-0.2, -0.15) is 0 Å². The van der Waals surface area contributed by atoms with Gasteiger partial charge >= 0.3 is 0 Å². The molecule has 0 radical (unpaired) electrons. The van der Waals surface area contributed by atoms with E-state index in [0.29, 0.717) is 19.1 Å². The molecule has 0 spiro atoms. The number of hydrogen-bond acceptors (Lipinski definition) is 3. The number of piperidine rings is 1. The molecule has 1 aliphatic heterocycles. The summed E-state index contributed by atoms with van der Waals surface area (Å²) in [4.78, 5) is 19.7. The van der Waals surface area contributed by atoms with Crippen LogP contribution >= 0.6 is 0 Å². The van der Waals surface area contributed by atoms with Gasteiger partial charge in [0.25, 0.3) is 0 Å². The number of carbonyl (C=O) groups is 1. The molecule has 1 saturated heterocycles. The molecule has 3 aromatic rings. The number of ether oxygens (including phenoxy) is 1. The summed E-state index contributed by atoms with van der Waals surface area (Å²) >= 11 is 0. The highest BCUT2D eigenvalue weighted by atomic mass is 16.5. The summed E-state index contributed by atoms with van der Waals surface area (Å²) in [6.07, 6.45) is 3.17. The Labute approximate surface area is 172 Å². The van der Waals surface area contributed by atoms with Crippen LogP contribution in [0.3, 0.4) is 0 Å². The molecule has 1 aliphatic rings. The maximum absolute atomic E-state index is 12.9.